The molecule has 1 aliphatic rings. The molecule has 1 saturated heterocycles. The fourth-order valence-corrected chi connectivity index (χ4v) is 4.33. The van der Waals surface area contributed by atoms with Gasteiger partial charge in [0.15, 0.2) is 0 Å². The molecular formula is C21H26N2O2S. The van der Waals surface area contributed by atoms with Gasteiger partial charge in [-0.05, 0) is 29.3 Å². The summed E-state index contributed by atoms with van der Waals surface area (Å²) in [7, 11) is 0. The first kappa shape index (κ1) is 18.6. The second-order valence-corrected chi connectivity index (χ2v) is 8.20. The summed E-state index contributed by atoms with van der Waals surface area (Å²) in [5.74, 6) is 0.134. The first-order valence-electron chi connectivity index (χ1n) is 9.20. The van der Waals surface area contributed by atoms with Crippen LogP contribution in [-0.4, -0.2) is 29.8 Å². The molecule has 1 aliphatic heterocycles. The number of amides is 2. The Morgan fingerprint density at radius 3 is 2.65 bits per heavy atom. The molecule has 3 rings (SSSR count). The molecule has 0 radical (unpaired) electrons. The van der Waals surface area contributed by atoms with E-state index in [4.69, 9.17) is 0 Å². The number of carbonyl (C=O) groups excluding carboxylic acids is 2. The quantitative estimate of drug-likeness (QED) is 0.809. The van der Waals surface area contributed by atoms with Gasteiger partial charge >= 0.3 is 0 Å². The van der Waals surface area contributed by atoms with Crippen molar-refractivity contribution in [3.63, 3.8) is 0 Å². The Bertz CT molecular complexity index is 728. The summed E-state index contributed by atoms with van der Waals surface area (Å²) < 4.78 is 0. The summed E-state index contributed by atoms with van der Waals surface area (Å²) in [5, 5.41) is 5.20. The van der Waals surface area contributed by atoms with Crippen LogP contribution in [0.1, 0.15) is 36.8 Å². The molecule has 2 heterocycles. The number of nitrogens with zero attached hydrogens (tertiary/aromatic N) is 1. The number of thiophene rings is 1. The van der Waals surface area contributed by atoms with Gasteiger partial charge in [-0.3, -0.25) is 9.59 Å². The van der Waals surface area contributed by atoms with Gasteiger partial charge < -0.3 is 10.2 Å². The Labute approximate surface area is 159 Å². The van der Waals surface area contributed by atoms with Crippen molar-refractivity contribution in [3.05, 3.63) is 58.3 Å². The second kappa shape index (κ2) is 8.49. The van der Waals surface area contributed by atoms with Crippen LogP contribution in [-0.2, 0) is 16.0 Å². The topological polar surface area (TPSA) is 49.4 Å². The minimum atomic E-state index is -0.250. The minimum absolute atomic E-state index is 0.00680. The van der Waals surface area contributed by atoms with E-state index in [2.05, 4.69) is 37.4 Å². The third-order valence-corrected chi connectivity index (χ3v) is 5.87. The van der Waals surface area contributed by atoms with Gasteiger partial charge in [0.1, 0.15) is 0 Å². The summed E-state index contributed by atoms with van der Waals surface area (Å²) in [5.41, 5.74) is 1.21. The number of nitrogens with one attached hydrogen (secondary N) is 1. The van der Waals surface area contributed by atoms with Gasteiger partial charge in [-0.2, -0.15) is 0 Å². The van der Waals surface area contributed by atoms with Gasteiger partial charge in [-0.25, -0.2) is 0 Å². The number of likely N-dealkylation sites (tertiary alicyclic amines) is 1. The van der Waals surface area contributed by atoms with E-state index in [9.17, 15) is 9.59 Å². The summed E-state index contributed by atoms with van der Waals surface area (Å²) in [6.07, 6.45) is 1.14. The molecule has 0 aliphatic carbocycles. The molecule has 138 valence electrons. The third-order valence-electron chi connectivity index (χ3n) is 4.91. The van der Waals surface area contributed by atoms with Gasteiger partial charge in [0.25, 0.3) is 0 Å². The smallest absolute Gasteiger partial charge is 0.225 e. The number of hydrogen-bond acceptors (Lipinski definition) is 3. The van der Waals surface area contributed by atoms with Crippen molar-refractivity contribution in [1.82, 2.24) is 10.2 Å². The Morgan fingerprint density at radius 2 is 2.00 bits per heavy atom. The van der Waals surface area contributed by atoms with Crippen molar-refractivity contribution in [2.75, 3.05) is 13.1 Å². The summed E-state index contributed by atoms with van der Waals surface area (Å²) in [6, 6.07) is 14.2. The van der Waals surface area contributed by atoms with Crippen LogP contribution in [0, 0.1) is 11.8 Å². The molecule has 1 fully saturated rings. The molecule has 5 heteroatoms. The Balaban J connectivity index is 1.56. The van der Waals surface area contributed by atoms with Crippen LogP contribution in [0.15, 0.2) is 47.8 Å². The summed E-state index contributed by atoms with van der Waals surface area (Å²) >= 11 is 1.66. The van der Waals surface area contributed by atoms with E-state index in [1.54, 1.807) is 11.3 Å². The predicted octanol–water partition coefficient (Wildman–Crippen LogP) is 3.65. The van der Waals surface area contributed by atoms with Crippen molar-refractivity contribution in [2.45, 2.75) is 32.7 Å². The lowest BCUT2D eigenvalue weighted by atomic mass is 10.0. The standard InChI is InChI=1S/C21H26N2O2S/c1-15(2)20(18-9-6-12-26-18)22-21(25)17-13-19(24)23(14-17)11-10-16-7-4-3-5-8-16/h3-9,12,15,17,20H,10-11,13-14H2,1-2H3,(H,22,25). The molecule has 0 saturated carbocycles. The van der Waals surface area contributed by atoms with E-state index in [-0.39, 0.29) is 23.8 Å². The molecule has 26 heavy (non-hydrogen) atoms. The van der Waals surface area contributed by atoms with Gasteiger partial charge in [0.05, 0.1) is 12.0 Å². The molecule has 2 unspecified atom stereocenters. The van der Waals surface area contributed by atoms with E-state index in [1.165, 1.54) is 10.4 Å². The van der Waals surface area contributed by atoms with Crippen LogP contribution in [0.3, 0.4) is 0 Å². The van der Waals surface area contributed by atoms with Crippen LogP contribution in [0.4, 0.5) is 0 Å². The zero-order valence-electron chi connectivity index (χ0n) is 15.4. The van der Waals surface area contributed by atoms with Gasteiger partial charge in [0.2, 0.25) is 11.8 Å². The molecule has 0 spiro atoms. The highest BCUT2D eigenvalue weighted by Gasteiger charge is 2.35. The minimum Gasteiger partial charge on any atom is -0.348 e. The number of carbonyl (C=O) groups is 2. The highest BCUT2D eigenvalue weighted by molar-refractivity contribution is 7.10. The van der Waals surface area contributed by atoms with E-state index in [0.29, 0.717) is 25.4 Å². The van der Waals surface area contributed by atoms with E-state index in [0.717, 1.165) is 6.42 Å². The first-order chi connectivity index (χ1) is 12.5. The lowest BCUT2D eigenvalue weighted by Gasteiger charge is -2.23. The zero-order chi connectivity index (χ0) is 18.5. The molecule has 1 aromatic carbocycles. The molecule has 2 amide bonds. The largest absolute Gasteiger partial charge is 0.348 e. The van der Waals surface area contributed by atoms with Crippen molar-refractivity contribution in [2.24, 2.45) is 11.8 Å². The number of hydrogen-bond donors (Lipinski definition) is 1. The molecular weight excluding hydrogens is 344 g/mol. The molecule has 0 bridgehead atoms. The first-order valence-corrected chi connectivity index (χ1v) is 10.1. The number of rotatable bonds is 7. The lowest BCUT2D eigenvalue weighted by Crippen LogP contribution is -2.37. The average molecular weight is 371 g/mol. The Hall–Kier alpha value is -2.14. The maximum Gasteiger partial charge on any atom is 0.225 e. The van der Waals surface area contributed by atoms with Gasteiger partial charge in [0, 0.05) is 24.4 Å². The fraction of sp³-hybridized carbons (Fsp3) is 0.429. The van der Waals surface area contributed by atoms with Gasteiger partial charge in [-0.15, -0.1) is 11.3 Å². The molecule has 4 nitrogen and oxygen atoms in total. The van der Waals surface area contributed by atoms with Crippen LogP contribution in [0.25, 0.3) is 0 Å². The second-order valence-electron chi connectivity index (χ2n) is 7.22. The maximum atomic E-state index is 12.7. The maximum absolute atomic E-state index is 12.7. The van der Waals surface area contributed by atoms with Crippen LogP contribution >= 0.6 is 11.3 Å². The monoisotopic (exact) mass is 370 g/mol. The van der Waals surface area contributed by atoms with Crippen molar-refractivity contribution in [3.8, 4) is 0 Å². The summed E-state index contributed by atoms with van der Waals surface area (Å²) in [4.78, 5) is 28.0. The summed E-state index contributed by atoms with van der Waals surface area (Å²) in [6.45, 7) is 5.41. The van der Waals surface area contributed by atoms with E-state index < -0.39 is 0 Å². The third kappa shape index (κ3) is 4.52. The zero-order valence-corrected chi connectivity index (χ0v) is 16.2. The van der Waals surface area contributed by atoms with Crippen molar-refractivity contribution in [1.29, 1.82) is 0 Å². The number of benzene rings is 1. The van der Waals surface area contributed by atoms with Crippen molar-refractivity contribution >= 4 is 23.2 Å². The Morgan fingerprint density at radius 1 is 1.23 bits per heavy atom. The van der Waals surface area contributed by atoms with Crippen LogP contribution in [0.5, 0.6) is 0 Å². The van der Waals surface area contributed by atoms with Crippen molar-refractivity contribution < 1.29 is 9.59 Å². The SMILES string of the molecule is CC(C)C(NC(=O)C1CC(=O)N(CCc2ccccc2)C1)c1cccs1. The average Bonchev–Trinajstić information content (AvgIpc) is 3.28. The molecule has 1 aromatic heterocycles. The van der Waals surface area contributed by atoms with Crippen LogP contribution in [0.2, 0.25) is 0 Å². The van der Waals surface area contributed by atoms with E-state index in [1.807, 2.05) is 34.5 Å². The molecule has 2 aromatic rings. The molecule has 2 atom stereocenters. The lowest BCUT2D eigenvalue weighted by molar-refractivity contribution is -0.129. The molecule has 1 N–H and O–H groups in total. The highest BCUT2D eigenvalue weighted by Crippen LogP contribution is 2.27. The van der Waals surface area contributed by atoms with Gasteiger partial charge in [-0.1, -0.05) is 50.2 Å². The fourth-order valence-electron chi connectivity index (χ4n) is 3.38. The highest BCUT2D eigenvalue weighted by atomic mass is 32.1. The Kier molecular flexibility index (Phi) is 6.09. The predicted molar refractivity (Wildman–Crippen MR) is 105 cm³/mol. The van der Waals surface area contributed by atoms with Crippen LogP contribution < -0.4 is 5.32 Å². The normalized spacial score (nSPS) is 18.3. The van der Waals surface area contributed by atoms with E-state index >= 15 is 0 Å².